The van der Waals surface area contributed by atoms with Crippen LogP contribution in [0, 0.1) is 29.6 Å². The maximum absolute atomic E-state index is 12.5. The molecule has 3 heteroatoms. The summed E-state index contributed by atoms with van der Waals surface area (Å²) in [5, 5.41) is 12.9. The molecule has 19 heavy (non-hydrogen) atoms. The largest absolute Gasteiger partial charge is 0.394 e. The van der Waals surface area contributed by atoms with Crippen molar-refractivity contribution in [2.45, 2.75) is 56.9 Å². The van der Waals surface area contributed by atoms with E-state index in [0.717, 1.165) is 37.5 Å². The molecule has 4 fully saturated rings. The Hall–Kier alpha value is -0.570. The summed E-state index contributed by atoms with van der Waals surface area (Å²) in [4.78, 5) is 12.5. The van der Waals surface area contributed by atoms with Crippen molar-refractivity contribution in [2.24, 2.45) is 29.6 Å². The summed E-state index contributed by atoms with van der Waals surface area (Å²) < 4.78 is 0. The van der Waals surface area contributed by atoms with E-state index in [2.05, 4.69) is 5.32 Å². The Morgan fingerprint density at radius 2 is 1.74 bits per heavy atom. The van der Waals surface area contributed by atoms with Gasteiger partial charge in [-0.25, -0.2) is 0 Å². The first-order valence-corrected chi connectivity index (χ1v) is 8.17. The number of hydrogen-bond donors (Lipinski definition) is 2. The molecule has 4 atom stereocenters. The van der Waals surface area contributed by atoms with Crippen LogP contribution in [0.25, 0.3) is 0 Å². The average Bonchev–Trinajstić information content (AvgIpc) is 2.89. The molecule has 4 rings (SSSR count). The molecule has 0 spiro atoms. The molecular weight excluding hydrogens is 238 g/mol. The molecule has 0 heterocycles. The first kappa shape index (κ1) is 12.2. The monoisotopic (exact) mass is 263 g/mol. The highest BCUT2D eigenvalue weighted by Crippen LogP contribution is 2.69. The van der Waals surface area contributed by atoms with E-state index in [-0.39, 0.29) is 18.1 Å². The number of rotatable bonds is 3. The van der Waals surface area contributed by atoms with E-state index in [1.165, 1.54) is 25.7 Å². The highest BCUT2D eigenvalue weighted by Gasteiger charge is 2.67. The molecule has 0 saturated heterocycles. The van der Waals surface area contributed by atoms with Crippen molar-refractivity contribution < 1.29 is 9.90 Å². The third kappa shape index (κ3) is 1.77. The smallest absolute Gasteiger partial charge is 0.224 e. The summed E-state index contributed by atoms with van der Waals surface area (Å²) in [6.07, 6.45) is 9.57. The van der Waals surface area contributed by atoms with Crippen LogP contribution >= 0.6 is 0 Å². The van der Waals surface area contributed by atoms with Crippen LogP contribution in [0.2, 0.25) is 0 Å². The van der Waals surface area contributed by atoms with Gasteiger partial charge in [0.15, 0.2) is 0 Å². The Balaban J connectivity index is 1.42. The Bertz CT molecular complexity index is 372. The Labute approximate surface area is 115 Å². The summed E-state index contributed by atoms with van der Waals surface area (Å²) in [6, 6.07) is 0. The van der Waals surface area contributed by atoms with E-state index in [0.29, 0.717) is 17.8 Å². The quantitative estimate of drug-likeness (QED) is 0.819. The minimum Gasteiger partial charge on any atom is -0.394 e. The fraction of sp³-hybridized carbons (Fsp3) is 0.938. The van der Waals surface area contributed by atoms with Gasteiger partial charge in [0.25, 0.3) is 0 Å². The number of aliphatic hydroxyl groups is 1. The van der Waals surface area contributed by atoms with Crippen molar-refractivity contribution in [3.05, 3.63) is 0 Å². The zero-order valence-corrected chi connectivity index (χ0v) is 11.6. The van der Waals surface area contributed by atoms with Gasteiger partial charge < -0.3 is 10.4 Å². The standard InChI is InChI=1S/C16H25NO2/c18-9-16(6-2-1-3-7-16)17-15(19)14-12-10-4-5-11(8-10)13(12)14/h10-14,18H,1-9H2,(H,17,19). The van der Waals surface area contributed by atoms with E-state index in [1.807, 2.05) is 0 Å². The summed E-state index contributed by atoms with van der Waals surface area (Å²) in [7, 11) is 0. The number of carbonyl (C=O) groups excluding carboxylic acids is 1. The molecule has 2 bridgehead atoms. The maximum atomic E-state index is 12.5. The Morgan fingerprint density at radius 3 is 2.32 bits per heavy atom. The van der Waals surface area contributed by atoms with E-state index < -0.39 is 0 Å². The lowest BCUT2D eigenvalue weighted by Crippen LogP contribution is -2.53. The molecule has 0 aromatic heterocycles. The van der Waals surface area contributed by atoms with Gasteiger partial charge in [0.1, 0.15) is 0 Å². The second-order valence-corrected chi connectivity index (χ2v) is 7.50. The van der Waals surface area contributed by atoms with Crippen molar-refractivity contribution in [3.8, 4) is 0 Å². The van der Waals surface area contributed by atoms with Crippen molar-refractivity contribution in [2.75, 3.05) is 6.61 Å². The van der Waals surface area contributed by atoms with Crippen LogP contribution in [0.4, 0.5) is 0 Å². The van der Waals surface area contributed by atoms with E-state index in [9.17, 15) is 9.90 Å². The summed E-state index contributed by atoms with van der Waals surface area (Å²) in [6.45, 7) is 0.119. The van der Waals surface area contributed by atoms with Crippen LogP contribution in [0.15, 0.2) is 0 Å². The third-order valence-corrected chi connectivity index (χ3v) is 6.54. The molecular formula is C16H25NO2. The summed E-state index contributed by atoms with van der Waals surface area (Å²) in [5.74, 6) is 3.68. The Kier molecular flexibility index (Phi) is 2.70. The van der Waals surface area contributed by atoms with Gasteiger partial charge in [0.2, 0.25) is 5.91 Å². The second-order valence-electron chi connectivity index (χ2n) is 7.50. The molecule has 4 aliphatic carbocycles. The molecule has 0 aromatic rings. The van der Waals surface area contributed by atoms with Crippen LogP contribution in [0.5, 0.6) is 0 Å². The molecule has 2 N–H and O–H groups in total. The van der Waals surface area contributed by atoms with E-state index >= 15 is 0 Å². The molecule has 1 amide bonds. The van der Waals surface area contributed by atoms with Gasteiger partial charge in [0, 0.05) is 5.92 Å². The van der Waals surface area contributed by atoms with Gasteiger partial charge in [0.05, 0.1) is 12.1 Å². The molecule has 4 saturated carbocycles. The molecule has 0 aliphatic heterocycles. The second kappa shape index (κ2) is 4.21. The predicted molar refractivity (Wildman–Crippen MR) is 72.3 cm³/mol. The maximum Gasteiger partial charge on any atom is 0.224 e. The lowest BCUT2D eigenvalue weighted by Gasteiger charge is -2.36. The van der Waals surface area contributed by atoms with Crippen LogP contribution in [-0.2, 0) is 4.79 Å². The number of carbonyl (C=O) groups is 1. The first-order valence-electron chi connectivity index (χ1n) is 8.17. The van der Waals surface area contributed by atoms with Crippen LogP contribution < -0.4 is 5.32 Å². The molecule has 3 nitrogen and oxygen atoms in total. The van der Waals surface area contributed by atoms with Crippen LogP contribution in [0.3, 0.4) is 0 Å². The van der Waals surface area contributed by atoms with Crippen molar-refractivity contribution >= 4 is 5.91 Å². The van der Waals surface area contributed by atoms with Gasteiger partial charge in [-0.3, -0.25) is 4.79 Å². The minimum atomic E-state index is -0.286. The average molecular weight is 263 g/mol. The van der Waals surface area contributed by atoms with Gasteiger partial charge in [-0.1, -0.05) is 19.3 Å². The number of aliphatic hydroxyl groups excluding tert-OH is 1. The van der Waals surface area contributed by atoms with Crippen LogP contribution in [-0.4, -0.2) is 23.2 Å². The van der Waals surface area contributed by atoms with Crippen molar-refractivity contribution in [1.82, 2.24) is 5.32 Å². The normalized spacial score (nSPS) is 45.8. The number of fused-ring (bicyclic) bond motifs is 5. The predicted octanol–water partition coefficient (Wildman–Crippen LogP) is 2.09. The highest BCUT2D eigenvalue weighted by atomic mass is 16.3. The fourth-order valence-electron chi connectivity index (χ4n) is 5.57. The van der Waals surface area contributed by atoms with Crippen LogP contribution in [0.1, 0.15) is 51.4 Å². The topological polar surface area (TPSA) is 49.3 Å². The Morgan fingerprint density at radius 1 is 1.11 bits per heavy atom. The van der Waals surface area contributed by atoms with Gasteiger partial charge >= 0.3 is 0 Å². The number of hydrogen-bond acceptors (Lipinski definition) is 2. The molecule has 0 aromatic carbocycles. The zero-order chi connectivity index (χ0) is 13.0. The number of nitrogens with one attached hydrogen (secondary N) is 1. The lowest BCUT2D eigenvalue weighted by atomic mass is 9.82. The molecule has 4 unspecified atom stereocenters. The van der Waals surface area contributed by atoms with Gasteiger partial charge in [-0.2, -0.15) is 0 Å². The van der Waals surface area contributed by atoms with Crippen molar-refractivity contribution in [3.63, 3.8) is 0 Å². The molecule has 4 aliphatic rings. The minimum absolute atomic E-state index is 0.119. The highest BCUT2D eigenvalue weighted by molar-refractivity contribution is 5.83. The molecule has 0 radical (unpaired) electrons. The summed E-state index contributed by atoms with van der Waals surface area (Å²) >= 11 is 0. The first-order chi connectivity index (χ1) is 9.24. The zero-order valence-electron chi connectivity index (χ0n) is 11.6. The van der Waals surface area contributed by atoms with E-state index in [1.54, 1.807) is 0 Å². The van der Waals surface area contributed by atoms with Gasteiger partial charge in [-0.05, 0) is 55.8 Å². The number of amides is 1. The van der Waals surface area contributed by atoms with E-state index in [4.69, 9.17) is 0 Å². The third-order valence-electron chi connectivity index (χ3n) is 6.54. The SMILES string of the molecule is O=C(NC1(CO)CCCCC1)C1C2C3CCC(C3)C12. The van der Waals surface area contributed by atoms with Gasteiger partial charge in [-0.15, -0.1) is 0 Å². The summed E-state index contributed by atoms with van der Waals surface area (Å²) in [5.41, 5.74) is -0.286. The molecule has 106 valence electrons. The van der Waals surface area contributed by atoms with Crippen molar-refractivity contribution in [1.29, 1.82) is 0 Å². The fourth-order valence-corrected chi connectivity index (χ4v) is 5.57. The lowest BCUT2D eigenvalue weighted by molar-refractivity contribution is -0.126.